The van der Waals surface area contributed by atoms with E-state index in [0.717, 1.165) is 12.0 Å². The molecule has 0 saturated carbocycles. The summed E-state index contributed by atoms with van der Waals surface area (Å²) in [6.45, 7) is 3.79. The Morgan fingerprint density at radius 2 is 1.90 bits per heavy atom. The van der Waals surface area contributed by atoms with Crippen LogP contribution >= 0.6 is 0 Å². The fourth-order valence-corrected chi connectivity index (χ4v) is 3.44. The fraction of sp³-hybridized carbons (Fsp3) is 0.533. The summed E-state index contributed by atoms with van der Waals surface area (Å²) in [5, 5.41) is 2.77. The summed E-state index contributed by atoms with van der Waals surface area (Å²) in [7, 11) is -3.03. The van der Waals surface area contributed by atoms with Crippen molar-refractivity contribution >= 4 is 27.1 Å². The van der Waals surface area contributed by atoms with Crippen molar-refractivity contribution in [2.24, 2.45) is 0 Å². The zero-order valence-corrected chi connectivity index (χ0v) is 13.5. The monoisotopic (exact) mass is 312 g/mol. The molecule has 0 atom stereocenters. The molecule has 0 fully saturated rings. The highest BCUT2D eigenvalue weighted by Gasteiger charge is 2.12. The molecule has 0 saturated heterocycles. The van der Waals surface area contributed by atoms with Crippen molar-refractivity contribution in [1.82, 2.24) is 0 Å². The number of nitrogens with two attached hydrogens (primary N) is 1. The summed E-state index contributed by atoms with van der Waals surface area (Å²) in [5.41, 5.74) is 7.89. The van der Waals surface area contributed by atoms with Crippen LogP contribution in [0.15, 0.2) is 18.2 Å². The van der Waals surface area contributed by atoms with Crippen molar-refractivity contribution in [3.05, 3.63) is 23.8 Å². The third-order valence-corrected chi connectivity index (χ3v) is 5.14. The molecule has 6 heteroatoms. The van der Waals surface area contributed by atoms with Gasteiger partial charge in [0.15, 0.2) is 0 Å². The number of anilines is 2. The van der Waals surface area contributed by atoms with Gasteiger partial charge in [-0.05, 0) is 37.5 Å². The summed E-state index contributed by atoms with van der Waals surface area (Å²) in [5.74, 6) is 0.0878. The van der Waals surface area contributed by atoms with E-state index in [4.69, 9.17) is 5.73 Å². The van der Waals surface area contributed by atoms with Crippen molar-refractivity contribution in [3.63, 3.8) is 0 Å². The number of carbonyl (C=O) groups excluding carboxylic acids is 1. The zero-order chi connectivity index (χ0) is 15.9. The highest BCUT2D eigenvalue weighted by molar-refractivity contribution is 7.91. The summed E-state index contributed by atoms with van der Waals surface area (Å²) < 4.78 is 23.4. The SMILES string of the molecule is CCCCS(=O)(=O)CCCC(=O)Nc1cccc(N)c1C. The van der Waals surface area contributed by atoms with Gasteiger partial charge in [0.05, 0.1) is 11.5 Å². The Labute approximate surface area is 126 Å². The molecule has 0 radical (unpaired) electrons. The summed E-state index contributed by atoms with van der Waals surface area (Å²) in [6, 6.07) is 5.32. The Balaban J connectivity index is 2.43. The van der Waals surface area contributed by atoms with E-state index in [9.17, 15) is 13.2 Å². The number of nitrogens with one attached hydrogen (secondary N) is 1. The molecule has 5 nitrogen and oxygen atoms in total. The van der Waals surface area contributed by atoms with Crippen LogP contribution in [0.25, 0.3) is 0 Å². The number of hydrogen-bond acceptors (Lipinski definition) is 4. The van der Waals surface area contributed by atoms with Crippen LogP contribution in [0.4, 0.5) is 11.4 Å². The molecule has 0 aliphatic carbocycles. The van der Waals surface area contributed by atoms with E-state index in [0.29, 0.717) is 24.2 Å². The quantitative estimate of drug-likeness (QED) is 0.722. The van der Waals surface area contributed by atoms with Crippen LogP contribution in [-0.4, -0.2) is 25.8 Å². The van der Waals surface area contributed by atoms with E-state index in [-0.39, 0.29) is 23.8 Å². The first kappa shape index (κ1) is 17.5. The highest BCUT2D eigenvalue weighted by Crippen LogP contribution is 2.20. The van der Waals surface area contributed by atoms with Gasteiger partial charge >= 0.3 is 0 Å². The number of amides is 1. The lowest BCUT2D eigenvalue weighted by Crippen LogP contribution is -2.16. The van der Waals surface area contributed by atoms with Gasteiger partial charge in [-0.2, -0.15) is 0 Å². The molecule has 118 valence electrons. The number of carbonyl (C=O) groups is 1. The molecule has 1 aromatic rings. The fourth-order valence-electron chi connectivity index (χ4n) is 1.92. The molecule has 1 rings (SSSR count). The first-order chi connectivity index (χ1) is 9.85. The van der Waals surface area contributed by atoms with Gasteiger partial charge in [-0.3, -0.25) is 4.79 Å². The molecular formula is C15H24N2O3S. The maximum absolute atomic E-state index is 11.8. The van der Waals surface area contributed by atoms with Gasteiger partial charge in [0.1, 0.15) is 9.84 Å². The van der Waals surface area contributed by atoms with Crippen LogP contribution < -0.4 is 11.1 Å². The third-order valence-electron chi connectivity index (χ3n) is 3.32. The second-order valence-corrected chi connectivity index (χ2v) is 7.48. The molecule has 0 heterocycles. The Kier molecular flexibility index (Phi) is 6.68. The summed E-state index contributed by atoms with van der Waals surface area (Å²) >= 11 is 0. The molecule has 0 spiro atoms. The van der Waals surface area contributed by atoms with Gasteiger partial charge in [0.25, 0.3) is 0 Å². The molecule has 0 aromatic heterocycles. The largest absolute Gasteiger partial charge is 0.398 e. The van der Waals surface area contributed by atoms with E-state index >= 15 is 0 Å². The average molecular weight is 312 g/mol. The predicted molar refractivity (Wildman–Crippen MR) is 87.0 cm³/mol. The van der Waals surface area contributed by atoms with Gasteiger partial charge in [-0.15, -0.1) is 0 Å². The minimum atomic E-state index is -3.03. The van der Waals surface area contributed by atoms with Gasteiger partial charge in [0.2, 0.25) is 5.91 Å². The lowest BCUT2D eigenvalue weighted by atomic mass is 10.1. The number of nitrogen functional groups attached to an aromatic ring is 1. The van der Waals surface area contributed by atoms with Crippen molar-refractivity contribution in [3.8, 4) is 0 Å². The summed E-state index contributed by atoms with van der Waals surface area (Å²) in [4.78, 5) is 11.8. The molecule has 21 heavy (non-hydrogen) atoms. The standard InChI is InChI=1S/C15H24N2O3S/c1-3-4-10-21(19,20)11-6-9-15(18)17-14-8-5-7-13(16)12(14)2/h5,7-8H,3-4,6,9-11,16H2,1-2H3,(H,17,18). The van der Waals surface area contributed by atoms with E-state index in [1.807, 2.05) is 13.8 Å². The number of sulfone groups is 1. The van der Waals surface area contributed by atoms with Crippen LogP contribution in [0.3, 0.4) is 0 Å². The molecule has 1 amide bonds. The third kappa shape index (κ3) is 6.16. The molecule has 0 unspecified atom stereocenters. The Morgan fingerprint density at radius 1 is 1.24 bits per heavy atom. The molecule has 0 aliphatic rings. The minimum Gasteiger partial charge on any atom is -0.398 e. The molecule has 3 N–H and O–H groups in total. The van der Waals surface area contributed by atoms with E-state index in [2.05, 4.69) is 5.32 Å². The van der Waals surface area contributed by atoms with Crippen molar-refractivity contribution in [1.29, 1.82) is 0 Å². The van der Waals surface area contributed by atoms with E-state index in [1.54, 1.807) is 18.2 Å². The summed E-state index contributed by atoms with van der Waals surface area (Å²) in [6.07, 6.45) is 2.07. The molecule has 0 aliphatic heterocycles. The average Bonchev–Trinajstić information content (AvgIpc) is 2.41. The topological polar surface area (TPSA) is 89.3 Å². The normalized spacial score (nSPS) is 11.3. The van der Waals surface area contributed by atoms with Gasteiger partial charge in [-0.25, -0.2) is 8.42 Å². The number of hydrogen-bond donors (Lipinski definition) is 2. The van der Waals surface area contributed by atoms with Crippen molar-refractivity contribution < 1.29 is 13.2 Å². The smallest absolute Gasteiger partial charge is 0.224 e. The maximum atomic E-state index is 11.8. The highest BCUT2D eigenvalue weighted by atomic mass is 32.2. The maximum Gasteiger partial charge on any atom is 0.224 e. The van der Waals surface area contributed by atoms with Crippen molar-refractivity contribution in [2.45, 2.75) is 39.5 Å². The Hall–Kier alpha value is -1.56. The minimum absolute atomic E-state index is 0.0658. The Morgan fingerprint density at radius 3 is 2.57 bits per heavy atom. The predicted octanol–water partition coefficient (Wildman–Crippen LogP) is 2.51. The van der Waals surface area contributed by atoms with Crippen LogP contribution in [0.2, 0.25) is 0 Å². The van der Waals surface area contributed by atoms with E-state index in [1.165, 1.54) is 0 Å². The van der Waals surface area contributed by atoms with Gasteiger partial charge in [0, 0.05) is 17.8 Å². The van der Waals surface area contributed by atoms with Crippen molar-refractivity contribution in [2.75, 3.05) is 22.6 Å². The number of rotatable bonds is 8. The van der Waals surface area contributed by atoms with Gasteiger partial charge in [-0.1, -0.05) is 19.4 Å². The lowest BCUT2D eigenvalue weighted by molar-refractivity contribution is -0.116. The second kappa shape index (κ2) is 8.02. The lowest BCUT2D eigenvalue weighted by Gasteiger charge is -2.10. The van der Waals surface area contributed by atoms with Crippen LogP contribution in [0.5, 0.6) is 0 Å². The Bertz CT molecular complexity index is 583. The molecular weight excluding hydrogens is 288 g/mol. The van der Waals surface area contributed by atoms with E-state index < -0.39 is 9.84 Å². The first-order valence-corrected chi connectivity index (χ1v) is 9.03. The zero-order valence-electron chi connectivity index (χ0n) is 12.7. The molecule has 0 bridgehead atoms. The van der Waals surface area contributed by atoms with Crippen LogP contribution in [0.1, 0.15) is 38.2 Å². The number of benzene rings is 1. The molecule has 1 aromatic carbocycles. The van der Waals surface area contributed by atoms with Gasteiger partial charge < -0.3 is 11.1 Å². The van der Waals surface area contributed by atoms with Crippen LogP contribution in [0, 0.1) is 6.92 Å². The number of unbranched alkanes of at least 4 members (excludes halogenated alkanes) is 1. The first-order valence-electron chi connectivity index (χ1n) is 7.21. The van der Waals surface area contributed by atoms with Crippen LogP contribution in [-0.2, 0) is 14.6 Å². The second-order valence-electron chi connectivity index (χ2n) is 5.18.